The Balaban J connectivity index is 1.78. The summed E-state index contributed by atoms with van der Waals surface area (Å²) >= 11 is 0. The second-order valence-electron chi connectivity index (χ2n) is 8.58. The molecular weight excluding hydrogens is 436 g/mol. The molecule has 0 aromatic heterocycles. The lowest BCUT2D eigenvalue weighted by atomic mass is 9.98. The lowest BCUT2D eigenvalue weighted by molar-refractivity contribution is -0.384. The van der Waals surface area contributed by atoms with Crippen LogP contribution in [-0.4, -0.2) is 29.6 Å². The van der Waals surface area contributed by atoms with Gasteiger partial charge in [0.05, 0.1) is 23.2 Å². The first-order valence-electron chi connectivity index (χ1n) is 10.6. The number of esters is 2. The van der Waals surface area contributed by atoms with E-state index < -0.39 is 22.5 Å². The first-order valence-corrected chi connectivity index (χ1v) is 10.6. The molecule has 3 aromatic carbocycles. The summed E-state index contributed by atoms with van der Waals surface area (Å²) in [5.41, 5.74) is 2.53. The van der Waals surface area contributed by atoms with Crippen molar-refractivity contribution in [1.82, 2.24) is 0 Å². The van der Waals surface area contributed by atoms with Crippen LogP contribution in [-0.2, 0) is 16.0 Å². The van der Waals surface area contributed by atoms with Crippen molar-refractivity contribution in [2.75, 3.05) is 12.4 Å². The normalized spacial score (nSPS) is 10.9. The van der Waals surface area contributed by atoms with Gasteiger partial charge in [0.15, 0.2) is 0 Å². The Labute approximate surface area is 197 Å². The van der Waals surface area contributed by atoms with Crippen LogP contribution in [0.5, 0.6) is 0 Å². The average molecular weight is 463 g/mol. The second-order valence-corrected chi connectivity index (χ2v) is 8.58. The molecule has 0 amide bonds. The van der Waals surface area contributed by atoms with E-state index in [0.29, 0.717) is 12.1 Å². The molecule has 0 atom stereocenters. The van der Waals surface area contributed by atoms with Crippen molar-refractivity contribution in [3.05, 3.63) is 93.5 Å². The predicted molar refractivity (Wildman–Crippen MR) is 129 cm³/mol. The number of methoxy groups -OCH3 is 1. The SMILES string of the molecule is COC(=O)c1ccc(NCc2ccc(-c3ccccc3C(=O)OC(C)(C)C)cc2)c([N+](=O)[O-])c1. The van der Waals surface area contributed by atoms with E-state index >= 15 is 0 Å². The van der Waals surface area contributed by atoms with Crippen molar-refractivity contribution < 1.29 is 24.0 Å². The summed E-state index contributed by atoms with van der Waals surface area (Å²) in [4.78, 5) is 35.2. The van der Waals surface area contributed by atoms with Gasteiger partial charge in [0, 0.05) is 12.6 Å². The fourth-order valence-corrected chi connectivity index (χ4v) is 3.32. The molecule has 0 saturated heterocycles. The monoisotopic (exact) mass is 462 g/mol. The molecule has 34 heavy (non-hydrogen) atoms. The number of nitro benzene ring substituents is 1. The summed E-state index contributed by atoms with van der Waals surface area (Å²) in [5.74, 6) is -1.03. The van der Waals surface area contributed by atoms with Crippen LogP contribution in [0.3, 0.4) is 0 Å². The van der Waals surface area contributed by atoms with Gasteiger partial charge in [-0.25, -0.2) is 9.59 Å². The summed E-state index contributed by atoms with van der Waals surface area (Å²) in [5, 5.41) is 14.5. The second kappa shape index (κ2) is 10.2. The van der Waals surface area contributed by atoms with Crippen molar-refractivity contribution in [2.45, 2.75) is 32.9 Å². The Hall–Kier alpha value is -4.20. The summed E-state index contributed by atoms with van der Waals surface area (Å²) in [6.07, 6.45) is 0. The topological polar surface area (TPSA) is 108 Å². The van der Waals surface area contributed by atoms with Crippen molar-refractivity contribution >= 4 is 23.3 Å². The van der Waals surface area contributed by atoms with E-state index in [2.05, 4.69) is 10.1 Å². The maximum absolute atomic E-state index is 12.6. The molecule has 0 aliphatic heterocycles. The number of hydrogen-bond donors (Lipinski definition) is 1. The van der Waals surface area contributed by atoms with Gasteiger partial charge in [-0.1, -0.05) is 42.5 Å². The third-order valence-corrected chi connectivity index (χ3v) is 4.91. The number of rotatable bonds is 7. The van der Waals surface area contributed by atoms with Crippen LogP contribution in [0.15, 0.2) is 66.7 Å². The largest absolute Gasteiger partial charge is 0.465 e. The quantitative estimate of drug-likeness (QED) is 0.276. The van der Waals surface area contributed by atoms with Crippen molar-refractivity contribution in [1.29, 1.82) is 0 Å². The molecule has 0 unspecified atom stereocenters. The van der Waals surface area contributed by atoms with Gasteiger partial charge >= 0.3 is 11.9 Å². The van der Waals surface area contributed by atoms with Gasteiger partial charge in [0.25, 0.3) is 5.69 Å². The van der Waals surface area contributed by atoms with Crippen LogP contribution in [0.4, 0.5) is 11.4 Å². The van der Waals surface area contributed by atoms with E-state index in [1.165, 1.54) is 25.3 Å². The van der Waals surface area contributed by atoms with Crippen LogP contribution in [0.1, 0.15) is 47.1 Å². The zero-order chi connectivity index (χ0) is 24.9. The Morgan fingerprint density at radius 1 is 0.971 bits per heavy atom. The number of nitrogens with zero attached hydrogens (tertiary/aromatic N) is 1. The van der Waals surface area contributed by atoms with Gasteiger partial charge in [0.1, 0.15) is 11.3 Å². The van der Waals surface area contributed by atoms with E-state index in [1.54, 1.807) is 12.1 Å². The molecule has 0 saturated carbocycles. The van der Waals surface area contributed by atoms with E-state index in [1.807, 2.05) is 57.2 Å². The zero-order valence-corrected chi connectivity index (χ0v) is 19.5. The molecular formula is C26H26N2O6. The smallest absolute Gasteiger partial charge is 0.339 e. The third kappa shape index (κ3) is 5.98. The molecule has 176 valence electrons. The van der Waals surface area contributed by atoms with E-state index in [9.17, 15) is 19.7 Å². The number of hydrogen-bond acceptors (Lipinski definition) is 7. The zero-order valence-electron chi connectivity index (χ0n) is 19.5. The third-order valence-electron chi connectivity index (χ3n) is 4.91. The molecule has 0 spiro atoms. The van der Waals surface area contributed by atoms with E-state index in [4.69, 9.17) is 4.74 Å². The van der Waals surface area contributed by atoms with Crippen LogP contribution >= 0.6 is 0 Å². The molecule has 8 nitrogen and oxygen atoms in total. The number of benzene rings is 3. The maximum Gasteiger partial charge on any atom is 0.339 e. The lowest BCUT2D eigenvalue weighted by Gasteiger charge is -2.20. The van der Waals surface area contributed by atoms with Crippen molar-refractivity contribution in [3.63, 3.8) is 0 Å². The molecule has 0 radical (unpaired) electrons. The summed E-state index contributed by atoms with van der Waals surface area (Å²) in [6.45, 7) is 5.79. The summed E-state index contributed by atoms with van der Waals surface area (Å²) in [6, 6.07) is 18.9. The summed E-state index contributed by atoms with van der Waals surface area (Å²) < 4.78 is 10.1. The number of carbonyl (C=O) groups is 2. The van der Waals surface area contributed by atoms with Gasteiger partial charge < -0.3 is 14.8 Å². The van der Waals surface area contributed by atoms with Gasteiger partial charge in [-0.3, -0.25) is 10.1 Å². The molecule has 0 aliphatic rings. The molecule has 3 aromatic rings. The number of anilines is 1. The first-order chi connectivity index (χ1) is 16.1. The number of nitrogens with one attached hydrogen (secondary N) is 1. The first kappa shape index (κ1) is 24.4. The average Bonchev–Trinajstić information content (AvgIpc) is 2.81. The minimum Gasteiger partial charge on any atom is -0.465 e. The molecule has 0 bridgehead atoms. The predicted octanol–water partition coefficient (Wildman–Crippen LogP) is 5.62. The van der Waals surface area contributed by atoms with Gasteiger partial charge in [-0.2, -0.15) is 0 Å². The molecule has 3 rings (SSSR count). The minimum absolute atomic E-state index is 0.104. The molecule has 0 fully saturated rings. The Morgan fingerprint density at radius 2 is 1.65 bits per heavy atom. The van der Waals surface area contributed by atoms with Crippen LogP contribution in [0.25, 0.3) is 11.1 Å². The number of carbonyl (C=O) groups excluding carboxylic acids is 2. The van der Waals surface area contributed by atoms with Gasteiger partial charge in [0.2, 0.25) is 0 Å². The summed E-state index contributed by atoms with van der Waals surface area (Å²) in [7, 11) is 1.22. The molecule has 8 heteroatoms. The Kier molecular flexibility index (Phi) is 7.31. The fourth-order valence-electron chi connectivity index (χ4n) is 3.32. The Bertz CT molecular complexity index is 1210. The Morgan fingerprint density at radius 3 is 2.26 bits per heavy atom. The standard InChI is InChI=1S/C26H26N2O6/c1-26(2,3)34-25(30)21-8-6-5-7-20(21)18-11-9-17(10-12-18)16-27-22-14-13-19(24(29)33-4)15-23(22)28(31)32/h5-15,27H,16H2,1-4H3. The number of nitro groups is 1. The highest BCUT2D eigenvalue weighted by Crippen LogP contribution is 2.28. The highest BCUT2D eigenvalue weighted by molar-refractivity contribution is 5.97. The lowest BCUT2D eigenvalue weighted by Crippen LogP contribution is -2.24. The van der Waals surface area contributed by atoms with Crippen LogP contribution < -0.4 is 5.32 Å². The van der Waals surface area contributed by atoms with Crippen LogP contribution in [0, 0.1) is 10.1 Å². The number of ether oxygens (including phenoxy) is 2. The highest BCUT2D eigenvalue weighted by Gasteiger charge is 2.21. The molecule has 1 N–H and O–H groups in total. The maximum atomic E-state index is 12.6. The molecule has 0 heterocycles. The van der Waals surface area contributed by atoms with Crippen LogP contribution in [0.2, 0.25) is 0 Å². The molecule has 0 aliphatic carbocycles. The van der Waals surface area contributed by atoms with Crippen molar-refractivity contribution in [3.8, 4) is 11.1 Å². The fraction of sp³-hybridized carbons (Fsp3) is 0.231. The van der Waals surface area contributed by atoms with E-state index in [0.717, 1.165) is 16.7 Å². The highest BCUT2D eigenvalue weighted by atomic mass is 16.6. The minimum atomic E-state index is -0.642. The van der Waals surface area contributed by atoms with Gasteiger partial charge in [-0.15, -0.1) is 0 Å². The van der Waals surface area contributed by atoms with Crippen molar-refractivity contribution in [2.24, 2.45) is 0 Å². The van der Waals surface area contributed by atoms with E-state index in [-0.39, 0.29) is 16.9 Å². The van der Waals surface area contributed by atoms with Gasteiger partial charge in [-0.05, 0) is 55.7 Å².